The molecule has 2 aromatic carbocycles. The summed E-state index contributed by atoms with van der Waals surface area (Å²) in [6.07, 6.45) is 0. The van der Waals surface area contributed by atoms with Crippen molar-refractivity contribution in [2.24, 2.45) is 0 Å². The number of benzene rings is 2. The molecule has 0 saturated heterocycles. The third-order valence-electron chi connectivity index (χ3n) is 3.77. The summed E-state index contributed by atoms with van der Waals surface area (Å²) < 4.78 is 6.79. The van der Waals surface area contributed by atoms with Gasteiger partial charge in [0.15, 0.2) is 5.16 Å². The van der Waals surface area contributed by atoms with Crippen LogP contribution in [0.25, 0.3) is 10.9 Å². The minimum atomic E-state index is -0.0593. The molecule has 0 bridgehead atoms. The number of ether oxygens (including phenoxy) is 1. The van der Waals surface area contributed by atoms with Gasteiger partial charge in [0, 0.05) is 12.9 Å². The third kappa shape index (κ3) is 3.90. The molecule has 1 aromatic heterocycles. The van der Waals surface area contributed by atoms with E-state index in [4.69, 9.17) is 10.00 Å². The van der Waals surface area contributed by atoms with E-state index in [1.54, 1.807) is 23.8 Å². The van der Waals surface area contributed by atoms with Crippen LogP contribution in [0.1, 0.15) is 11.1 Å². The average Bonchev–Trinajstić information content (AvgIpc) is 2.66. The molecule has 0 atom stereocenters. The predicted octanol–water partition coefficient (Wildman–Crippen LogP) is 3.21. The summed E-state index contributed by atoms with van der Waals surface area (Å²) in [7, 11) is 1.61. The van der Waals surface area contributed by atoms with Crippen LogP contribution >= 0.6 is 11.8 Å². The van der Waals surface area contributed by atoms with Gasteiger partial charge in [0.1, 0.15) is 0 Å². The van der Waals surface area contributed by atoms with Gasteiger partial charge in [0.25, 0.3) is 5.56 Å². The van der Waals surface area contributed by atoms with Crippen LogP contribution in [-0.4, -0.2) is 23.3 Å². The van der Waals surface area contributed by atoms with E-state index in [0.717, 1.165) is 5.56 Å². The van der Waals surface area contributed by atoms with Crippen LogP contribution in [0.15, 0.2) is 58.5 Å². The predicted molar refractivity (Wildman–Crippen MR) is 98.6 cm³/mol. The van der Waals surface area contributed by atoms with Crippen molar-refractivity contribution in [3.05, 3.63) is 70.0 Å². The van der Waals surface area contributed by atoms with Gasteiger partial charge in [0.05, 0.1) is 35.7 Å². The SMILES string of the molecule is COCCn1c(SCc2cccc(C#N)c2)nc2ccccc2c1=O. The van der Waals surface area contributed by atoms with Gasteiger partial charge in [0.2, 0.25) is 0 Å². The summed E-state index contributed by atoms with van der Waals surface area (Å²) >= 11 is 1.49. The first kappa shape index (κ1) is 17.2. The van der Waals surface area contributed by atoms with Crippen LogP contribution in [-0.2, 0) is 17.0 Å². The molecule has 0 saturated carbocycles. The molecule has 0 aliphatic heterocycles. The van der Waals surface area contributed by atoms with Gasteiger partial charge < -0.3 is 4.74 Å². The van der Waals surface area contributed by atoms with E-state index in [9.17, 15) is 4.79 Å². The van der Waals surface area contributed by atoms with Crippen LogP contribution < -0.4 is 5.56 Å². The molecule has 0 fully saturated rings. The lowest BCUT2D eigenvalue weighted by molar-refractivity contribution is 0.183. The van der Waals surface area contributed by atoms with Crippen molar-refractivity contribution < 1.29 is 4.74 Å². The number of rotatable bonds is 6. The Balaban J connectivity index is 1.95. The van der Waals surface area contributed by atoms with Gasteiger partial charge in [-0.1, -0.05) is 36.0 Å². The molecule has 0 aliphatic carbocycles. The summed E-state index contributed by atoms with van der Waals surface area (Å²) in [6.45, 7) is 0.894. The molecule has 3 rings (SSSR count). The zero-order valence-electron chi connectivity index (χ0n) is 13.8. The van der Waals surface area contributed by atoms with Crippen molar-refractivity contribution in [3.8, 4) is 6.07 Å². The largest absolute Gasteiger partial charge is 0.383 e. The zero-order chi connectivity index (χ0) is 17.6. The van der Waals surface area contributed by atoms with Crippen molar-refractivity contribution in [2.45, 2.75) is 17.5 Å². The lowest BCUT2D eigenvalue weighted by atomic mass is 10.2. The number of nitrogens with zero attached hydrogens (tertiary/aromatic N) is 3. The maximum atomic E-state index is 12.8. The lowest BCUT2D eigenvalue weighted by Crippen LogP contribution is -2.25. The monoisotopic (exact) mass is 351 g/mol. The van der Waals surface area contributed by atoms with Crippen LogP contribution in [0.3, 0.4) is 0 Å². The first-order valence-electron chi connectivity index (χ1n) is 7.83. The second-order valence-corrected chi connectivity index (χ2v) is 6.40. The highest BCUT2D eigenvalue weighted by atomic mass is 32.2. The van der Waals surface area contributed by atoms with Crippen LogP contribution in [0.4, 0.5) is 0 Å². The Labute approximate surface area is 149 Å². The molecule has 0 N–H and O–H groups in total. The summed E-state index contributed by atoms with van der Waals surface area (Å²) in [6, 6.07) is 16.9. The molecule has 0 spiro atoms. The maximum Gasteiger partial charge on any atom is 0.262 e. The molecule has 126 valence electrons. The van der Waals surface area contributed by atoms with Crippen molar-refractivity contribution in [1.29, 1.82) is 5.26 Å². The molecule has 0 unspecified atom stereocenters. The van der Waals surface area contributed by atoms with E-state index >= 15 is 0 Å². The first-order valence-corrected chi connectivity index (χ1v) is 8.82. The molecule has 25 heavy (non-hydrogen) atoms. The highest BCUT2D eigenvalue weighted by molar-refractivity contribution is 7.98. The first-order chi connectivity index (χ1) is 12.2. The smallest absolute Gasteiger partial charge is 0.262 e. The molecule has 1 heterocycles. The van der Waals surface area contributed by atoms with E-state index in [2.05, 4.69) is 11.1 Å². The second kappa shape index (κ2) is 7.97. The van der Waals surface area contributed by atoms with Crippen LogP contribution in [0.2, 0.25) is 0 Å². The fourth-order valence-corrected chi connectivity index (χ4v) is 3.48. The molecule has 5 nitrogen and oxygen atoms in total. The van der Waals surface area contributed by atoms with Crippen molar-refractivity contribution >= 4 is 22.7 Å². The highest BCUT2D eigenvalue weighted by Crippen LogP contribution is 2.22. The Morgan fingerprint density at radius 2 is 2.08 bits per heavy atom. The Morgan fingerprint density at radius 1 is 1.24 bits per heavy atom. The minimum Gasteiger partial charge on any atom is -0.383 e. The van der Waals surface area contributed by atoms with Crippen LogP contribution in [0, 0.1) is 11.3 Å². The Kier molecular flexibility index (Phi) is 5.49. The Hall–Kier alpha value is -2.62. The minimum absolute atomic E-state index is 0.0593. The topological polar surface area (TPSA) is 67.9 Å². The lowest BCUT2D eigenvalue weighted by Gasteiger charge is -2.12. The average molecular weight is 351 g/mol. The molecule has 0 amide bonds. The summed E-state index contributed by atoms with van der Waals surface area (Å²) in [4.78, 5) is 17.4. The third-order valence-corrected chi connectivity index (χ3v) is 4.82. The van der Waals surface area contributed by atoms with E-state index in [-0.39, 0.29) is 5.56 Å². The number of aromatic nitrogens is 2. The van der Waals surface area contributed by atoms with E-state index in [1.807, 2.05) is 36.4 Å². The van der Waals surface area contributed by atoms with E-state index in [0.29, 0.717) is 40.5 Å². The van der Waals surface area contributed by atoms with Gasteiger partial charge in [-0.05, 0) is 29.8 Å². The molecule has 0 aliphatic rings. The molecule has 6 heteroatoms. The van der Waals surface area contributed by atoms with Gasteiger partial charge >= 0.3 is 0 Å². The number of para-hydroxylation sites is 1. The van der Waals surface area contributed by atoms with Crippen molar-refractivity contribution in [1.82, 2.24) is 9.55 Å². The summed E-state index contributed by atoms with van der Waals surface area (Å²) in [5.74, 6) is 0.632. The standard InChI is InChI=1S/C19H17N3O2S/c1-24-10-9-22-18(23)16-7-2-3-8-17(16)21-19(22)25-13-15-6-4-5-14(11-15)12-20/h2-8,11H,9-10,13H2,1H3. The van der Waals surface area contributed by atoms with E-state index < -0.39 is 0 Å². The van der Waals surface area contributed by atoms with E-state index in [1.165, 1.54) is 11.8 Å². The highest BCUT2D eigenvalue weighted by Gasteiger charge is 2.11. The number of fused-ring (bicyclic) bond motifs is 1. The van der Waals surface area contributed by atoms with Gasteiger partial charge in [-0.2, -0.15) is 5.26 Å². The maximum absolute atomic E-state index is 12.8. The Morgan fingerprint density at radius 3 is 2.88 bits per heavy atom. The van der Waals surface area contributed by atoms with Gasteiger partial charge in [-0.3, -0.25) is 9.36 Å². The zero-order valence-corrected chi connectivity index (χ0v) is 14.6. The summed E-state index contributed by atoms with van der Waals surface area (Å²) in [5, 5.41) is 10.3. The summed E-state index contributed by atoms with van der Waals surface area (Å²) in [5.41, 5.74) is 2.27. The van der Waals surface area contributed by atoms with Crippen LogP contribution in [0.5, 0.6) is 0 Å². The van der Waals surface area contributed by atoms with Gasteiger partial charge in [-0.15, -0.1) is 0 Å². The second-order valence-electron chi connectivity index (χ2n) is 5.46. The molecule has 0 radical (unpaired) electrons. The molecular weight excluding hydrogens is 334 g/mol. The number of hydrogen-bond acceptors (Lipinski definition) is 5. The molecular formula is C19H17N3O2S. The number of hydrogen-bond donors (Lipinski definition) is 0. The fraction of sp³-hybridized carbons (Fsp3) is 0.211. The normalized spacial score (nSPS) is 10.7. The quantitative estimate of drug-likeness (QED) is 0.504. The van der Waals surface area contributed by atoms with Gasteiger partial charge in [-0.25, -0.2) is 4.98 Å². The molecule has 3 aromatic rings. The number of thioether (sulfide) groups is 1. The van der Waals surface area contributed by atoms with Crippen molar-refractivity contribution in [2.75, 3.05) is 13.7 Å². The Bertz CT molecular complexity index is 992. The number of methoxy groups -OCH3 is 1. The van der Waals surface area contributed by atoms with Crippen molar-refractivity contribution in [3.63, 3.8) is 0 Å². The number of nitriles is 1. The fourth-order valence-electron chi connectivity index (χ4n) is 2.52.